The summed E-state index contributed by atoms with van der Waals surface area (Å²) in [6.45, 7) is 4.51. The van der Waals surface area contributed by atoms with Crippen molar-refractivity contribution in [3.63, 3.8) is 0 Å². The van der Waals surface area contributed by atoms with Crippen LogP contribution in [-0.4, -0.2) is 19.3 Å². The molecule has 1 aromatic carbocycles. The Labute approximate surface area is 96.8 Å². The van der Waals surface area contributed by atoms with Gasteiger partial charge in [0, 0.05) is 18.3 Å². The van der Waals surface area contributed by atoms with Crippen LogP contribution in [0.2, 0.25) is 0 Å². The van der Waals surface area contributed by atoms with Gasteiger partial charge in [0.1, 0.15) is 5.75 Å². The minimum absolute atomic E-state index is 0.223. The van der Waals surface area contributed by atoms with E-state index in [1.54, 1.807) is 0 Å². The molecule has 0 aliphatic carbocycles. The van der Waals surface area contributed by atoms with Gasteiger partial charge in [0.25, 0.3) is 0 Å². The standard InChI is InChI=1S/C13H20FNO/c1-3-11(2)16-13-7-4-6-12(10-13)15-9-5-8-14/h4,6-7,10-11,15H,3,5,8-9H2,1-2H3. The van der Waals surface area contributed by atoms with Crippen molar-refractivity contribution in [1.82, 2.24) is 0 Å². The van der Waals surface area contributed by atoms with Crippen molar-refractivity contribution in [3.05, 3.63) is 24.3 Å². The van der Waals surface area contributed by atoms with E-state index in [-0.39, 0.29) is 12.8 Å². The highest BCUT2D eigenvalue weighted by atomic mass is 19.1. The summed E-state index contributed by atoms with van der Waals surface area (Å²) in [5, 5.41) is 3.16. The molecule has 0 aromatic heterocycles. The van der Waals surface area contributed by atoms with Gasteiger partial charge in [-0.3, -0.25) is 4.39 Å². The summed E-state index contributed by atoms with van der Waals surface area (Å²) in [6.07, 6.45) is 1.75. The Morgan fingerprint density at radius 1 is 1.44 bits per heavy atom. The van der Waals surface area contributed by atoms with Crippen LogP contribution in [-0.2, 0) is 0 Å². The van der Waals surface area contributed by atoms with Crippen LogP contribution in [0.3, 0.4) is 0 Å². The predicted octanol–water partition coefficient (Wildman–Crippen LogP) is 3.64. The average molecular weight is 225 g/mol. The number of nitrogens with one attached hydrogen (secondary N) is 1. The first-order valence-electron chi connectivity index (χ1n) is 5.82. The summed E-state index contributed by atoms with van der Waals surface area (Å²) < 4.78 is 17.6. The van der Waals surface area contributed by atoms with E-state index in [0.29, 0.717) is 13.0 Å². The maximum absolute atomic E-state index is 11.9. The maximum Gasteiger partial charge on any atom is 0.121 e. The Morgan fingerprint density at radius 3 is 2.94 bits per heavy atom. The number of ether oxygens (including phenoxy) is 1. The van der Waals surface area contributed by atoms with Crippen LogP contribution in [0.15, 0.2) is 24.3 Å². The van der Waals surface area contributed by atoms with Crippen LogP contribution >= 0.6 is 0 Å². The minimum Gasteiger partial charge on any atom is -0.491 e. The Balaban J connectivity index is 2.50. The monoisotopic (exact) mass is 225 g/mol. The van der Waals surface area contributed by atoms with Crippen LogP contribution in [0.25, 0.3) is 0 Å². The maximum atomic E-state index is 11.9. The molecule has 2 nitrogen and oxygen atoms in total. The second-order valence-electron chi connectivity index (χ2n) is 3.83. The molecule has 1 aromatic rings. The third kappa shape index (κ3) is 4.51. The molecule has 0 saturated carbocycles. The van der Waals surface area contributed by atoms with E-state index in [0.717, 1.165) is 17.9 Å². The minimum atomic E-state index is -0.282. The zero-order chi connectivity index (χ0) is 11.8. The smallest absolute Gasteiger partial charge is 0.121 e. The van der Waals surface area contributed by atoms with Crippen molar-refractivity contribution in [2.75, 3.05) is 18.5 Å². The average Bonchev–Trinajstić information content (AvgIpc) is 2.30. The highest BCUT2D eigenvalue weighted by Gasteiger charge is 2.01. The summed E-state index contributed by atoms with van der Waals surface area (Å²) in [5.41, 5.74) is 0.981. The first-order valence-corrected chi connectivity index (χ1v) is 5.82. The molecule has 90 valence electrons. The highest BCUT2D eigenvalue weighted by molar-refractivity contribution is 5.48. The van der Waals surface area contributed by atoms with Crippen LogP contribution in [0.4, 0.5) is 10.1 Å². The molecule has 1 unspecified atom stereocenters. The van der Waals surface area contributed by atoms with Crippen LogP contribution in [0, 0.1) is 0 Å². The van der Waals surface area contributed by atoms with E-state index in [2.05, 4.69) is 12.2 Å². The third-order valence-corrected chi connectivity index (χ3v) is 2.39. The molecule has 0 amide bonds. The second kappa shape index (κ2) is 7.09. The number of hydrogen-bond acceptors (Lipinski definition) is 2. The van der Waals surface area contributed by atoms with Gasteiger partial charge in [-0.25, -0.2) is 0 Å². The van der Waals surface area contributed by atoms with Gasteiger partial charge in [0.05, 0.1) is 12.8 Å². The van der Waals surface area contributed by atoms with E-state index in [9.17, 15) is 4.39 Å². The Hall–Kier alpha value is -1.25. The number of alkyl halides is 1. The van der Waals surface area contributed by atoms with Gasteiger partial charge < -0.3 is 10.1 Å². The third-order valence-electron chi connectivity index (χ3n) is 2.39. The molecule has 1 atom stereocenters. The van der Waals surface area contributed by atoms with E-state index in [4.69, 9.17) is 4.74 Å². The lowest BCUT2D eigenvalue weighted by Crippen LogP contribution is -2.10. The molecule has 0 aliphatic heterocycles. The second-order valence-corrected chi connectivity index (χ2v) is 3.83. The molecule has 16 heavy (non-hydrogen) atoms. The van der Waals surface area contributed by atoms with Crippen molar-refractivity contribution < 1.29 is 9.13 Å². The summed E-state index contributed by atoms with van der Waals surface area (Å²) in [4.78, 5) is 0. The summed E-state index contributed by atoms with van der Waals surface area (Å²) in [7, 11) is 0. The van der Waals surface area contributed by atoms with Crippen molar-refractivity contribution in [1.29, 1.82) is 0 Å². The summed E-state index contributed by atoms with van der Waals surface area (Å²) >= 11 is 0. The molecule has 0 fully saturated rings. The van der Waals surface area contributed by atoms with E-state index < -0.39 is 0 Å². The molecular weight excluding hydrogens is 205 g/mol. The van der Waals surface area contributed by atoms with Gasteiger partial charge in [-0.1, -0.05) is 13.0 Å². The zero-order valence-corrected chi connectivity index (χ0v) is 10.0. The lowest BCUT2D eigenvalue weighted by Gasteiger charge is -2.13. The number of anilines is 1. The number of hydrogen-bond donors (Lipinski definition) is 1. The molecule has 0 heterocycles. The fraction of sp³-hybridized carbons (Fsp3) is 0.538. The molecule has 0 aliphatic rings. The molecule has 3 heteroatoms. The number of rotatable bonds is 7. The molecule has 0 spiro atoms. The van der Waals surface area contributed by atoms with E-state index >= 15 is 0 Å². The van der Waals surface area contributed by atoms with E-state index in [1.165, 1.54) is 0 Å². The summed E-state index contributed by atoms with van der Waals surface area (Å²) in [6, 6.07) is 7.79. The molecule has 1 N–H and O–H groups in total. The fourth-order valence-corrected chi connectivity index (χ4v) is 1.29. The quantitative estimate of drug-likeness (QED) is 0.715. The largest absolute Gasteiger partial charge is 0.491 e. The first-order chi connectivity index (χ1) is 7.76. The topological polar surface area (TPSA) is 21.3 Å². The lowest BCUT2D eigenvalue weighted by atomic mass is 10.2. The van der Waals surface area contributed by atoms with Crippen LogP contribution in [0.1, 0.15) is 26.7 Å². The van der Waals surface area contributed by atoms with Gasteiger partial charge in [0.2, 0.25) is 0 Å². The van der Waals surface area contributed by atoms with Crippen molar-refractivity contribution in [2.24, 2.45) is 0 Å². The fourth-order valence-electron chi connectivity index (χ4n) is 1.29. The molecule has 0 saturated heterocycles. The highest BCUT2D eigenvalue weighted by Crippen LogP contribution is 2.19. The predicted molar refractivity (Wildman–Crippen MR) is 65.9 cm³/mol. The van der Waals surface area contributed by atoms with Crippen molar-refractivity contribution >= 4 is 5.69 Å². The van der Waals surface area contributed by atoms with Gasteiger partial charge in [-0.15, -0.1) is 0 Å². The van der Waals surface area contributed by atoms with E-state index in [1.807, 2.05) is 31.2 Å². The van der Waals surface area contributed by atoms with Crippen molar-refractivity contribution in [3.8, 4) is 5.75 Å². The van der Waals surface area contributed by atoms with Gasteiger partial charge in [-0.2, -0.15) is 0 Å². The lowest BCUT2D eigenvalue weighted by molar-refractivity contribution is 0.217. The Bertz CT molecular complexity index is 304. The normalized spacial score (nSPS) is 12.2. The van der Waals surface area contributed by atoms with Gasteiger partial charge >= 0.3 is 0 Å². The molecule has 1 rings (SSSR count). The molecule has 0 bridgehead atoms. The number of halogens is 1. The van der Waals surface area contributed by atoms with Gasteiger partial charge in [-0.05, 0) is 31.9 Å². The number of benzene rings is 1. The van der Waals surface area contributed by atoms with Crippen LogP contribution in [0.5, 0.6) is 5.75 Å². The van der Waals surface area contributed by atoms with Crippen molar-refractivity contribution in [2.45, 2.75) is 32.8 Å². The summed E-state index contributed by atoms with van der Waals surface area (Å²) in [5.74, 6) is 0.861. The Morgan fingerprint density at radius 2 is 2.25 bits per heavy atom. The van der Waals surface area contributed by atoms with Crippen LogP contribution < -0.4 is 10.1 Å². The first kappa shape index (κ1) is 12.8. The molecule has 0 radical (unpaired) electrons. The Kier molecular flexibility index (Phi) is 5.68. The SMILES string of the molecule is CCC(C)Oc1cccc(NCCCF)c1. The molecular formula is C13H20FNO. The zero-order valence-electron chi connectivity index (χ0n) is 10.0. The van der Waals surface area contributed by atoms with Gasteiger partial charge in [0.15, 0.2) is 0 Å².